The van der Waals surface area contributed by atoms with Gasteiger partial charge in [0.15, 0.2) is 0 Å². The maximum Gasteiger partial charge on any atom is 2.00 e. The third-order valence-electron chi connectivity index (χ3n) is 4.74. The summed E-state index contributed by atoms with van der Waals surface area (Å²) in [6.45, 7) is 11.4. The van der Waals surface area contributed by atoms with E-state index in [-0.39, 0.29) is 35.4 Å². The van der Waals surface area contributed by atoms with Gasteiger partial charge in [-0.3, -0.25) is 0 Å². The number of hydrogen-bond acceptors (Lipinski definition) is 2. The topological polar surface area (TPSA) is 46.1 Å². The second-order valence-electron chi connectivity index (χ2n) is 7.03. The zero-order valence-electron chi connectivity index (χ0n) is 18.5. The average molecular weight is 517 g/mol. The molecule has 0 atom stereocenters. The molecule has 0 fully saturated rings. The molecule has 4 rings (SSSR count). The Morgan fingerprint density at radius 2 is 0.903 bits per heavy atom. The standard InChI is InChI=1S/C20H14O2.2C4H9.Sn/c21-17-11-9-13-5-1-3-7-15(13)19(17)20-16-8-4-2-6-14(16)10-12-18(20)22;2*1-3-4-2;/h1-12,21-22H;2*1,3-4H2,2H3;/q;;;+2/p-2. The molecule has 3 heteroatoms. The van der Waals surface area contributed by atoms with E-state index in [1.165, 1.54) is 12.8 Å². The van der Waals surface area contributed by atoms with Crippen molar-refractivity contribution in [2.24, 2.45) is 0 Å². The first kappa shape index (κ1) is 26.8. The fraction of sp³-hybridized carbons (Fsp3) is 0.214. The van der Waals surface area contributed by atoms with Gasteiger partial charge in [-0.05, 0) is 32.7 Å². The molecule has 0 spiro atoms. The predicted molar refractivity (Wildman–Crippen MR) is 132 cm³/mol. The molecule has 0 aliphatic rings. The van der Waals surface area contributed by atoms with Crippen LogP contribution in [0.25, 0.3) is 32.7 Å². The van der Waals surface area contributed by atoms with E-state index in [9.17, 15) is 10.2 Å². The second kappa shape index (κ2) is 14.0. The Morgan fingerprint density at radius 3 is 1.23 bits per heavy atom. The quantitative estimate of drug-likeness (QED) is 0.285. The monoisotopic (exact) mass is 518 g/mol. The van der Waals surface area contributed by atoms with Crippen molar-refractivity contribution in [2.75, 3.05) is 0 Å². The van der Waals surface area contributed by atoms with Crippen molar-refractivity contribution in [1.29, 1.82) is 0 Å². The van der Waals surface area contributed by atoms with Crippen LogP contribution in [0.5, 0.6) is 11.5 Å². The number of fused-ring (bicyclic) bond motifs is 2. The molecular weight excluding hydrogens is 487 g/mol. The maximum atomic E-state index is 12.5. The summed E-state index contributed by atoms with van der Waals surface area (Å²) in [5.74, 6) is -0.237. The molecule has 0 N–H and O–H groups in total. The van der Waals surface area contributed by atoms with Crippen LogP contribution in [0.2, 0.25) is 0 Å². The molecule has 0 aliphatic carbocycles. The molecule has 4 aromatic carbocycles. The van der Waals surface area contributed by atoms with Gasteiger partial charge in [0.25, 0.3) is 0 Å². The Morgan fingerprint density at radius 1 is 0.581 bits per heavy atom. The zero-order chi connectivity index (χ0) is 21.9. The molecule has 4 radical (unpaired) electrons. The van der Waals surface area contributed by atoms with Crippen molar-refractivity contribution in [3.05, 3.63) is 86.6 Å². The minimum atomic E-state index is -0.118. The van der Waals surface area contributed by atoms with Crippen LogP contribution < -0.4 is 10.2 Å². The van der Waals surface area contributed by atoms with Crippen molar-refractivity contribution in [1.82, 2.24) is 0 Å². The SMILES string of the molecule is [CH2]CCC.[CH2]CCC.[O-]c1ccc2ccccc2c1-c1c([O-])ccc2ccccc12.[Sn+2]. The van der Waals surface area contributed by atoms with E-state index < -0.39 is 0 Å². The summed E-state index contributed by atoms with van der Waals surface area (Å²) in [5, 5.41) is 28.6. The van der Waals surface area contributed by atoms with E-state index in [1.54, 1.807) is 24.3 Å². The third kappa shape index (κ3) is 6.90. The summed E-state index contributed by atoms with van der Waals surface area (Å²) in [5.41, 5.74) is 1.000. The average Bonchev–Trinajstić information content (AvgIpc) is 2.80. The Bertz CT molecular complexity index is 982. The first-order valence-corrected chi connectivity index (χ1v) is 10.5. The van der Waals surface area contributed by atoms with E-state index >= 15 is 0 Å². The molecule has 158 valence electrons. The smallest absolute Gasteiger partial charge is 0.872 e. The largest absolute Gasteiger partial charge is 2.00 e. The molecule has 0 saturated heterocycles. The summed E-state index contributed by atoms with van der Waals surface area (Å²) < 4.78 is 0. The van der Waals surface area contributed by atoms with Gasteiger partial charge in [0, 0.05) is 0 Å². The van der Waals surface area contributed by atoms with Crippen LogP contribution in [-0.2, 0) is 0 Å². The summed E-state index contributed by atoms with van der Waals surface area (Å²) in [6, 6.07) is 22.0. The Labute approximate surface area is 203 Å². The van der Waals surface area contributed by atoms with Crippen LogP contribution >= 0.6 is 0 Å². The molecule has 0 aromatic heterocycles. The van der Waals surface area contributed by atoms with E-state index in [0.717, 1.165) is 34.4 Å². The van der Waals surface area contributed by atoms with Crippen molar-refractivity contribution >= 4 is 45.5 Å². The van der Waals surface area contributed by atoms with Gasteiger partial charge in [0.1, 0.15) is 0 Å². The first-order chi connectivity index (χ1) is 14.6. The molecule has 2 nitrogen and oxygen atoms in total. The molecule has 4 aromatic rings. The third-order valence-corrected chi connectivity index (χ3v) is 4.74. The Kier molecular flexibility index (Phi) is 12.1. The van der Waals surface area contributed by atoms with Crippen molar-refractivity contribution in [3.8, 4) is 22.6 Å². The van der Waals surface area contributed by atoms with Gasteiger partial charge >= 0.3 is 23.9 Å². The van der Waals surface area contributed by atoms with E-state index in [4.69, 9.17) is 0 Å². The number of benzene rings is 4. The fourth-order valence-corrected chi connectivity index (χ4v) is 3.02. The minimum Gasteiger partial charge on any atom is -0.872 e. The number of rotatable bonds is 3. The number of hydrogen-bond donors (Lipinski definition) is 0. The van der Waals surface area contributed by atoms with E-state index in [1.807, 2.05) is 48.5 Å². The van der Waals surface area contributed by atoms with Crippen LogP contribution in [0.15, 0.2) is 72.8 Å². The summed E-state index contributed by atoms with van der Waals surface area (Å²) in [4.78, 5) is 0. The van der Waals surface area contributed by atoms with Gasteiger partial charge in [-0.1, -0.05) is 126 Å². The van der Waals surface area contributed by atoms with Gasteiger partial charge < -0.3 is 10.2 Å². The van der Waals surface area contributed by atoms with Crippen LogP contribution in [-0.4, -0.2) is 23.9 Å². The maximum absolute atomic E-state index is 12.5. The van der Waals surface area contributed by atoms with Crippen LogP contribution in [0, 0.1) is 13.8 Å². The van der Waals surface area contributed by atoms with Gasteiger partial charge in [0.05, 0.1) is 0 Å². The Balaban J connectivity index is 0.000000465. The fourth-order valence-electron chi connectivity index (χ4n) is 3.02. The van der Waals surface area contributed by atoms with Gasteiger partial charge in [0.2, 0.25) is 0 Å². The van der Waals surface area contributed by atoms with Gasteiger partial charge in [-0.15, -0.1) is 11.5 Å². The molecule has 0 bridgehead atoms. The summed E-state index contributed by atoms with van der Waals surface area (Å²) in [7, 11) is 0. The first-order valence-electron chi connectivity index (χ1n) is 10.5. The van der Waals surface area contributed by atoms with Crippen LogP contribution in [0.3, 0.4) is 0 Å². The minimum absolute atomic E-state index is 0. The second-order valence-corrected chi connectivity index (χ2v) is 7.03. The Hall–Kier alpha value is -2.20. The van der Waals surface area contributed by atoms with Crippen LogP contribution in [0.4, 0.5) is 0 Å². The van der Waals surface area contributed by atoms with Crippen molar-refractivity contribution in [3.63, 3.8) is 0 Å². The van der Waals surface area contributed by atoms with Gasteiger partial charge in [-0.25, -0.2) is 0 Å². The van der Waals surface area contributed by atoms with E-state index in [2.05, 4.69) is 27.7 Å². The molecule has 0 heterocycles. The van der Waals surface area contributed by atoms with Crippen LogP contribution in [0.1, 0.15) is 39.5 Å². The normalized spacial score (nSPS) is 9.81. The van der Waals surface area contributed by atoms with Gasteiger partial charge in [-0.2, -0.15) is 0 Å². The predicted octanol–water partition coefficient (Wildman–Crippen LogP) is 6.67. The molecular formula is C28H30O2Sn. The molecule has 0 saturated carbocycles. The summed E-state index contributed by atoms with van der Waals surface area (Å²) in [6.07, 6.45) is 4.56. The summed E-state index contributed by atoms with van der Waals surface area (Å²) >= 11 is 0. The zero-order valence-corrected chi connectivity index (χ0v) is 21.3. The molecule has 0 amide bonds. The van der Waals surface area contributed by atoms with Crippen molar-refractivity contribution in [2.45, 2.75) is 39.5 Å². The number of unbranched alkanes of at least 4 members (excludes halogenated alkanes) is 2. The van der Waals surface area contributed by atoms with Crippen molar-refractivity contribution < 1.29 is 10.2 Å². The molecule has 0 unspecified atom stereocenters. The molecule has 0 aliphatic heterocycles. The molecule has 31 heavy (non-hydrogen) atoms. The van der Waals surface area contributed by atoms with E-state index in [0.29, 0.717) is 11.1 Å².